The first kappa shape index (κ1) is 13.1. The molecule has 2 aliphatic carbocycles. The largest absolute Gasteiger partial charge is 0.356 e. The Labute approximate surface area is 109 Å². The summed E-state index contributed by atoms with van der Waals surface area (Å²) in [6.45, 7) is 1.07. The lowest BCUT2D eigenvalue weighted by molar-refractivity contribution is 0.606. The van der Waals surface area contributed by atoms with Crippen LogP contribution in [0.5, 0.6) is 0 Å². The normalized spacial score (nSPS) is 29.4. The van der Waals surface area contributed by atoms with E-state index in [1.165, 1.54) is 38.5 Å². The molecule has 0 aromatic rings. The molecule has 0 aromatic heterocycles. The van der Waals surface area contributed by atoms with E-state index in [-0.39, 0.29) is 0 Å². The van der Waals surface area contributed by atoms with Gasteiger partial charge in [0.2, 0.25) is 0 Å². The lowest BCUT2D eigenvalue weighted by Gasteiger charge is -2.17. The van der Waals surface area contributed by atoms with Crippen molar-refractivity contribution in [1.82, 2.24) is 10.6 Å². The van der Waals surface area contributed by atoms with E-state index in [1.54, 1.807) is 0 Å². The summed E-state index contributed by atoms with van der Waals surface area (Å²) < 4.78 is 0. The molecule has 0 radical (unpaired) electrons. The Morgan fingerprint density at radius 3 is 2.71 bits per heavy atom. The molecule has 2 saturated carbocycles. The molecule has 2 unspecified atom stereocenters. The van der Waals surface area contributed by atoms with Crippen molar-refractivity contribution in [1.29, 1.82) is 0 Å². The van der Waals surface area contributed by atoms with E-state index in [0.29, 0.717) is 6.04 Å². The monoisotopic (exact) mass is 255 g/mol. The third kappa shape index (κ3) is 4.41. The van der Waals surface area contributed by atoms with Crippen LogP contribution in [0.4, 0.5) is 0 Å². The Hall–Kier alpha value is -0.380. The molecule has 2 aliphatic rings. The number of aliphatic imine (C=N–C) groups is 1. The van der Waals surface area contributed by atoms with Crippen LogP contribution in [0.2, 0.25) is 0 Å². The van der Waals surface area contributed by atoms with Crippen LogP contribution in [0.1, 0.15) is 38.5 Å². The molecule has 3 nitrogen and oxygen atoms in total. The molecule has 0 saturated heterocycles. The van der Waals surface area contributed by atoms with Gasteiger partial charge in [-0.05, 0) is 37.9 Å². The fourth-order valence-electron chi connectivity index (χ4n) is 2.47. The number of nitrogens with zero attached hydrogens (tertiary/aromatic N) is 1. The van der Waals surface area contributed by atoms with Gasteiger partial charge in [0.15, 0.2) is 5.96 Å². The first-order valence-corrected chi connectivity index (χ1v) is 8.10. The van der Waals surface area contributed by atoms with Gasteiger partial charge in [-0.2, -0.15) is 11.8 Å². The Balaban J connectivity index is 1.64. The van der Waals surface area contributed by atoms with Crippen molar-refractivity contribution in [2.24, 2.45) is 10.9 Å². The Morgan fingerprint density at radius 1 is 1.29 bits per heavy atom. The smallest absolute Gasteiger partial charge is 0.191 e. The van der Waals surface area contributed by atoms with Crippen LogP contribution < -0.4 is 10.6 Å². The molecule has 2 rings (SSSR count). The highest BCUT2D eigenvalue weighted by Crippen LogP contribution is 2.31. The van der Waals surface area contributed by atoms with Crippen molar-refractivity contribution in [3.8, 4) is 0 Å². The van der Waals surface area contributed by atoms with E-state index in [9.17, 15) is 0 Å². The molecule has 0 bridgehead atoms. The second-order valence-electron chi connectivity index (χ2n) is 5.24. The van der Waals surface area contributed by atoms with E-state index >= 15 is 0 Å². The minimum atomic E-state index is 0.625. The number of hydrogen-bond donors (Lipinski definition) is 2. The summed E-state index contributed by atoms with van der Waals surface area (Å²) in [6, 6.07) is 0.625. The average Bonchev–Trinajstić information content (AvgIpc) is 3.06. The number of nitrogens with one attached hydrogen (secondary N) is 2. The van der Waals surface area contributed by atoms with E-state index in [4.69, 9.17) is 0 Å². The van der Waals surface area contributed by atoms with Crippen molar-refractivity contribution < 1.29 is 0 Å². The Kier molecular flexibility index (Phi) is 5.01. The number of rotatable bonds is 5. The summed E-state index contributed by atoms with van der Waals surface area (Å²) in [5, 5.41) is 7.83. The first-order valence-electron chi connectivity index (χ1n) is 6.81. The van der Waals surface area contributed by atoms with Gasteiger partial charge < -0.3 is 10.6 Å². The Bertz CT molecular complexity index is 263. The molecule has 2 atom stereocenters. The molecule has 0 spiro atoms. The second kappa shape index (κ2) is 6.53. The summed E-state index contributed by atoms with van der Waals surface area (Å²) in [6.07, 6.45) is 10.3. The van der Waals surface area contributed by atoms with Gasteiger partial charge in [-0.15, -0.1) is 0 Å². The van der Waals surface area contributed by atoms with Gasteiger partial charge in [0, 0.05) is 24.9 Å². The van der Waals surface area contributed by atoms with Crippen molar-refractivity contribution in [2.45, 2.75) is 49.8 Å². The maximum absolute atomic E-state index is 4.31. The van der Waals surface area contributed by atoms with Gasteiger partial charge in [0.1, 0.15) is 0 Å². The van der Waals surface area contributed by atoms with Crippen LogP contribution in [0, 0.1) is 5.92 Å². The van der Waals surface area contributed by atoms with Gasteiger partial charge in [-0.3, -0.25) is 4.99 Å². The van der Waals surface area contributed by atoms with Crippen molar-refractivity contribution in [2.75, 3.05) is 19.8 Å². The Morgan fingerprint density at radius 2 is 2.12 bits per heavy atom. The molecule has 4 heteroatoms. The van der Waals surface area contributed by atoms with Gasteiger partial charge in [-0.25, -0.2) is 0 Å². The molecular weight excluding hydrogens is 230 g/mol. The fraction of sp³-hybridized carbons (Fsp3) is 0.923. The highest BCUT2D eigenvalue weighted by Gasteiger charge is 2.24. The zero-order chi connectivity index (χ0) is 12.1. The summed E-state index contributed by atoms with van der Waals surface area (Å²) in [7, 11) is 1.87. The first-order chi connectivity index (χ1) is 8.31. The van der Waals surface area contributed by atoms with E-state index in [0.717, 1.165) is 23.7 Å². The van der Waals surface area contributed by atoms with E-state index < -0.39 is 0 Å². The van der Waals surface area contributed by atoms with Crippen LogP contribution in [-0.2, 0) is 0 Å². The molecule has 17 heavy (non-hydrogen) atoms. The molecule has 0 aliphatic heterocycles. The summed E-state index contributed by atoms with van der Waals surface area (Å²) in [5.41, 5.74) is 0. The average molecular weight is 255 g/mol. The third-order valence-corrected chi connectivity index (χ3v) is 4.92. The zero-order valence-corrected chi connectivity index (χ0v) is 11.9. The highest BCUT2D eigenvalue weighted by atomic mass is 32.2. The van der Waals surface area contributed by atoms with E-state index in [2.05, 4.69) is 21.9 Å². The summed E-state index contributed by atoms with van der Waals surface area (Å²) >= 11 is 2.00. The van der Waals surface area contributed by atoms with Crippen LogP contribution in [0.3, 0.4) is 0 Å². The molecule has 98 valence electrons. The molecular formula is C13H25N3S. The third-order valence-electron chi connectivity index (χ3n) is 3.82. The molecule has 0 aromatic carbocycles. The highest BCUT2D eigenvalue weighted by molar-refractivity contribution is 7.99. The minimum absolute atomic E-state index is 0.625. The van der Waals surface area contributed by atoms with Gasteiger partial charge in [0.25, 0.3) is 0 Å². The van der Waals surface area contributed by atoms with E-state index in [1.807, 2.05) is 18.8 Å². The maximum Gasteiger partial charge on any atom is 0.191 e. The topological polar surface area (TPSA) is 36.4 Å². The summed E-state index contributed by atoms with van der Waals surface area (Å²) in [5.74, 6) is 1.99. The zero-order valence-electron chi connectivity index (χ0n) is 11.0. The molecule has 2 N–H and O–H groups in total. The van der Waals surface area contributed by atoms with Crippen LogP contribution in [0.25, 0.3) is 0 Å². The van der Waals surface area contributed by atoms with Crippen LogP contribution >= 0.6 is 11.8 Å². The maximum atomic E-state index is 4.31. The number of hydrogen-bond acceptors (Lipinski definition) is 2. The standard InChI is InChI=1S/C13H25N3S/c1-14-13(15-8-7-10-3-4-10)16-11-5-6-12(9-11)17-2/h10-12H,3-9H2,1-2H3,(H2,14,15,16). The lowest BCUT2D eigenvalue weighted by atomic mass is 10.2. The molecule has 0 heterocycles. The quantitative estimate of drug-likeness (QED) is 0.584. The summed E-state index contributed by atoms with van der Waals surface area (Å²) in [4.78, 5) is 4.31. The van der Waals surface area contributed by atoms with Gasteiger partial charge in [0.05, 0.1) is 0 Å². The fourth-order valence-corrected chi connectivity index (χ4v) is 3.27. The van der Waals surface area contributed by atoms with Crippen LogP contribution in [0.15, 0.2) is 4.99 Å². The predicted molar refractivity (Wildman–Crippen MR) is 76.8 cm³/mol. The van der Waals surface area contributed by atoms with Crippen LogP contribution in [-0.4, -0.2) is 37.1 Å². The molecule has 0 amide bonds. The second-order valence-corrected chi connectivity index (χ2v) is 6.38. The number of guanidine groups is 1. The lowest BCUT2D eigenvalue weighted by Crippen LogP contribution is -2.42. The van der Waals surface area contributed by atoms with Gasteiger partial charge >= 0.3 is 0 Å². The van der Waals surface area contributed by atoms with Gasteiger partial charge in [-0.1, -0.05) is 12.8 Å². The van der Waals surface area contributed by atoms with Crippen molar-refractivity contribution in [3.05, 3.63) is 0 Å². The van der Waals surface area contributed by atoms with Crippen molar-refractivity contribution >= 4 is 17.7 Å². The minimum Gasteiger partial charge on any atom is -0.356 e. The molecule has 2 fully saturated rings. The SMILES string of the molecule is CN=C(NCCC1CC1)NC1CCC(SC)C1. The number of thioether (sulfide) groups is 1. The predicted octanol–water partition coefficient (Wildman–Crippen LogP) is 2.24. The van der Waals surface area contributed by atoms with Crippen molar-refractivity contribution in [3.63, 3.8) is 0 Å².